The van der Waals surface area contributed by atoms with Crippen LogP contribution >= 0.6 is 0 Å². The Hall–Kier alpha value is -4.10. The Labute approximate surface area is 223 Å². The Morgan fingerprint density at radius 3 is 2.62 bits per heavy atom. The van der Waals surface area contributed by atoms with E-state index >= 15 is 0 Å². The molecule has 13 heteroatoms. The van der Waals surface area contributed by atoms with E-state index in [4.69, 9.17) is 14.2 Å². The van der Waals surface area contributed by atoms with E-state index in [-0.39, 0.29) is 17.7 Å². The van der Waals surface area contributed by atoms with Gasteiger partial charge in [-0.05, 0) is 42.8 Å². The fourth-order valence-corrected chi connectivity index (χ4v) is 5.35. The third-order valence-corrected chi connectivity index (χ3v) is 7.57. The number of hydrogen-bond donors (Lipinski definition) is 2. The van der Waals surface area contributed by atoms with Crippen molar-refractivity contribution in [2.75, 3.05) is 37.4 Å². The summed E-state index contributed by atoms with van der Waals surface area (Å²) in [5.74, 6) is -1.22. The molecule has 1 fully saturated rings. The zero-order valence-electron chi connectivity index (χ0n) is 21.3. The molecule has 204 valence electrons. The van der Waals surface area contributed by atoms with Gasteiger partial charge in [0.2, 0.25) is 11.8 Å². The maximum Gasteiger partial charge on any atom is 0.264 e. The summed E-state index contributed by atoms with van der Waals surface area (Å²) in [4.78, 5) is 12.6. The lowest BCUT2D eigenvalue weighted by Crippen LogP contribution is -2.16. The average Bonchev–Trinajstić information content (AvgIpc) is 3.41. The smallest absolute Gasteiger partial charge is 0.264 e. The lowest BCUT2D eigenvalue weighted by atomic mass is 10.0. The highest BCUT2D eigenvalue weighted by atomic mass is 32.2. The molecule has 1 aliphatic rings. The molecule has 4 aromatic rings. The van der Waals surface area contributed by atoms with Crippen LogP contribution in [0.25, 0.3) is 22.0 Å². The van der Waals surface area contributed by atoms with Crippen molar-refractivity contribution in [1.29, 1.82) is 0 Å². The molecule has 0 spiro atoms. The second kappa shape index (κ2) is 10.6. The van der Waals surface area contributed by atoms with Crippen molar-refractivity contribution in [1.82, 2.24) is 15.0 Å². The van der Waals surface area contributed by atoms with E-state index in [1.807, 2.05) is 13.0 Å². The third kappa shape index (κ3) is 5.40. The van der Waals surface area contributed by atoms with Crippen LogP contribution in [-0.2, 0) is 14.8 Å². The molecule has 0 amide bonds. The molecule has 0 bridgehead atoms. The van der Waals surface area contributed by atoms with Gasteiger partial charge in [0.25, 0.3) is 10.0 Å². The van der Waals surface area contributed by atoms with Gasteiger partial charge in [-0.1, -0.05) is 0 Å². The number of sulfonamides is 1. The highest BCUT2D eigenvalue weighted by molar-refractivity contribution is 7.92. The van der Waals surface area contributed by atoms with Crippen molar-refractivity contribution < 1.29 is 31.4 Å². The van der Waals surface area contributed by atoms with Crippen molar-refractivity contribution in [2.24, 2.45) is 0 Å². The van der Waals surface area contributed by atoms with Gasteiger partial charge in [-0.2, -0.15) is 0 Å². The maximum atomic E-state index is 14.3. The number of ether oxygens (including phenoxy) is 3. The van der Waals surface area contributed by atoms with E-state index in [9.17, 15) is 17.2 Å². The highest BCUT2D eigenvalue weighted by Gasteiger charge is 2.24. The van der Waals surface area contributed by atoms with Crippen LogP contribution in [0.3, 0.4) is 0 Å². The van der Waals surface area contributed by atoms with Crippen LogP contribution in [0.1, 0.15) is 12.1 Å². The number of anilines is 2. The minimum absolute atomic E-state index is 0.0380. The van der Waals surface area contributed by atoms with Crippen LogP contribution < -0.4 is 19.5 Å². The number of hydrogen-bond acceptors (Lipinski definition) is 9. The molecule has 0 aliphatic carbocycles. The lowest BCUT2D eigenvalue weighted by molar-refractivity contribution is 0.142. The lowest BCUT2D eigenvalue weighted by Gasteiger charge is -2.17. The van der Waals surface area contributed by atoms with Crippen LogP contribution in [0, 0.1) is 18.6 Å². The van der Waals surface area contributed by atoms with E-state index in [0.717, 1.165) is 23.9 Å². The van der Waals surface area contributed by atoms with Crippen LogP contribution in [0.2, 0.25) is 0 Å². The molecular weight excluding hydrogens is 532 g/mol. The summed E-state index contributed by atoms with van der Waals surface area (Å²) in [5.41, 5.74) is 2.43. The van der Waals surface area contributed by atoms with E-state index in [1.54, 1.807) is 13.1 Å². The number of nitrogens with one attached hydrogen (secondary N) is 2. The van der Waals surface area contributed by atoms with E-state index in [0.29, 0.717) is 53.3 Å². The molecule has 2 aromatic heterocycles. The molecule has 1 atom stereocenters. The van der Waals surface area contributed by atoms with E-state index in [1.165, 1.54) is 19.4 Å². The van der Waals surface area contributed by atoms with Crippen LogP contribution in [-0.4, -0.2) is 56.8 Å². The summed E-state index contributed by atoms with van der Waals surface area (Å²) in [6.45, 7) is 2.89. The van der Waals surface area contributed by atoms with Gasteiger partial charge >= 0.3 is 0 Å². The van der Waals surface area contributed by atoms with Gasteiger partial charge in [0.15, 0.2) is 0 Å². The van der Waals surface area contributed by atoms with Crippen molar-refractivity contribution in [3.8, 4) is 22.8 Å². The third-order valence-electron chi connectivity index (χ3n) is 6.17. The Bertz CT molecular complexity index is 1660. The SMILES string of the molecule is CNc1nc(C)c2cc(-c3cnc(OC)c(NS(=O)(=O)c4ccc(F)cc4F)c3)cc(OC3CCOC3)c2n1. The number of benzene rings is 2. The predicted octanol–water partition coefficient (Wildman–Crippen LogP) is 4.30. The number of pyridine rings is 1. The van der Waals surface area contributed by atoms with Gasteiger partial charge < -0.3 is 19.5 Å². The number of nitrogens with zero attached hydrogens (tertiary/aromatic N) is 3. The Balaban J connectivity index is 1.60. The average molecular weight is 558 g/mol. The molecule has 0 saturated carbocycles. The second-order valence-corrected chi connectivity index (χ2v) is 10.5. The molecule has 2 aromatic carbocycles. The zero-order valence-corrected chi connectivity index (χ0v) is 22.1. The number of methoxy groups -OCH3 is 1. The number of rotatable bonds is 8. The maximum absolute atomic E-state index is 14.3. The Morgan fingerprint density at radius 2 is 1.92 bits per heavy atom. The monoisotopic (exact) mass is 557 g/mol. The topological polar surface area (TPSA) is 125 Å². The minimum atomic E-state index is -4.44. The summed E-state index contributed by atoms with van der Waals surface area (Å²) in [5, 5.41) is 3.68. The highest BCUT2D eigenvalue weighted by Crippen LogP contribution is 2.37. The first-order valence-electron chi connectivity index (χ1n) is 12.0. The van der Waals surface area contributed by atoms with Crippen molar-refractivity contribution in [2.45, 2.75) is 24.3 Å². The number of aromatic nitrogens is 3. The van der Waals surface area contributed by atoms with Crippen LogP contribution in [0.15, 0.2) is 47.5 Å². The number of halogens is 2. The second-order valence-electron chi connectivity index (χ2n) is 8.82. The minimum Gasteiger partial charge on any atom is -0.486 e. The van der Waals surface area contributed by atoms with Gasteiger partial charge in [0, 0.05) is 36.7 Å². The molecule has 10 nitrogen and oxygen atoms in total. The summed E-state index contributed by atoms with van der Waals surface area (Å²) in [6, 6.07) is 7.35. The summed E-state index contributed by atoms with van der Waals surface area (Å²) in [7, 11) is -1.39. The first-order chi connectivity index (χ1) is 18.7. The number of fused-ring (bicyclic) bond motifs is 1. The molecule has 3 heterocycles. The molecule has 1 saturated heterocycles. The summed E-state index contributed by atoms with van der Waals surface area (Å²) < 4.78 is 72.8. The van der Waals surface area contributed by atoms with Gasteiger partial charge in [-0.15, -0.1) is 0 Å². The van der Waals surface area contributed by atoms with Crippen molar-refractivity contribution in [3.63, 3.8) is 0 Å². The molecule has 2 N–H and O–H groups in total. The molecular formula is C26H25F2N5O5S. The number of aryl methyl sites for hydroxylation is 1. The van der Waals surface area contributed by atoms with E-state index < -0.39 is 26.6 Å². The quantitative estimate of drug-likeness (QED) is 0.326. The normalized spacial score (nSPS) is 15.4. The first-order valence-corrected chi connectivity index (χ1v) is 13.4. The zero-order chi connectivity index (χ0) is 27.7. The van der Waals surface area contributed by atoms with E-state index in [2.05, 4.69) is 25.0 Å². The fraction of sp³-hybridized carbons (Fsp3) is 0.269. The molecule has 1 aliphatic heterocycles. The Kier molecular flexibility index (Phi) is 7.19. The molecule has 5 rings (SSSR count). The largest absolute Gasteiger partial charge is 0.486 e. The van der Waals surface area contributed by atoms with Crippen molar-refractivity contribution >= 4 is 32.6 Å². The van der Waals surface area contributed by atoms with Gasteiger partial charge in [-0.3, -0.25) is 4.72 Å². The first kappa shape index (κ1) is 26.5. The van der Waals surface area contributed by atoms with Crippen LogP contribution in [0.5, 0.6) is 11.6 Å². The van der Waals surface area contributed by atoms with Gasteiger partial charge in [0.1, 0.15) is 39.6 Å². The molecule has 39 heavy (non-hydrogen) atoms. The molecule has 0 radical (unpaired) electrons. The van der Waals surface area contributed by atoms with Gasteiger partial charge in [0.05, 0.1) is 26.0 Å². The molecule has 1 unspecified atom stereocenters. The van der Waals surface area contributed by atoms with Crippen LogP contribution in [0.4, 0.5) is 20.4 Å². The summed E-state index contributed by atoms with van der Waals surface area (Å²) >= 11 is 0. The van der Waals surface area contributed by atoms with Crippen molar-refractivity contribution in [3.05, 3.63) is 59.9 Å². The Morgan fingerprint density at radius 1 is 1.10 bits per heavy atom. The standard InChI is InChI=1S/C26H25F2N5O5S/c1-14-19-8-15(10-22(38-18-6-7-37-13-18)24(19)32-26(29-2)31-14)16-9-21(25(36-3)30-12-16)33-39(34,35)23-5-4-17(27)11-20(23)28/h4-5,8-12,18,33H,6-7,13H2,1-3H3,(H,29,31,32). The fourth-order valence-electron chi connectivity index (χ4n) is 4.24. The van der Waals surface area contributed by atoms with Gasteiger partial charge in [-0.25, -0.2) is 32.2 Å². The summed E-state index contributed by atoms with van der Waals surface area (Å²) in [6.07, 6.45) is 2.08. The predicted molar refractivity (Wildman–Crippen MR) is 141 cm³/mol.